The molecule has 2 heterocycles. The molecular formula is C17H22O4. The second-order valence-electron chi connectivity index (χ2n) is 6.67. The van der Waals surface area contributed by atoms with E-state index in [-0.39, 0.29) is 24.6 Å². The zero-order valence-electron chi connectivity index (χ0n) is 12.5. The molecule has 2 aliphatic heterocycles. The van der Waals surface area contributed by atoms with E-state index in [0.29, 0.717) is 12.5 Å². The Morgan fingerprint density at radius 3 is 2.57 bits per heavy atom. The summed E-state index contributed by atoms with van der Waals surface area (Å²) in [5.74, 6) is 0.0183. The first-order valence-electron chi connectivity index (χ1n) is 7.79. The van der Waals surface area contributed by atoms with Crippen LogP contribution in [-0.4, -0.2) is 30.4 Å². The quantitative estimate of drug-likeness (QED) is 0.854. The molecular weight excluding hydrogens is 268 g/mol. The van der Waals surface area contributed by atoms with Crippen LogP contribution in [0, 0.1) is 5.92 Å². The summed E-state index contributed by atoms with van der Waals surface area (Å²) in [6.45, 7) is 4.44. The summed E-state index contributed by atoms with van der Waals surface area (Å²) in [4.78, 5) is 0. The SMILES string of the molecule is CC1(C)O[C@H]2O[C@@H](C3CC3)[C@@H](OCc3ccccc3)[C@@H]2O1. The third-order valence-corrected chi connectivity index (χ3v) is 4.40. The largest absolute Gasteiger partial charge is 0.368 e. The lowest BCUT2D eigenvalue weighted by molar-refractivity contribution is -0.221. The normalized spacial score (nSPS) is 37.6. The van der Waals surface area contributed by atoms with E-state index in [1.54, 1.807) is 0 Å². The molecule has 4 nitrogen and oxygen atoms in total. The van der Waals surface area contributed by atoms with Crippen LogP contribution in [0.15, 0.2) is 30.3 Å². The molecule has 1 aliphatic carbocycles. The summed E-state index contributed by atoms with van der Waals surface area (Å²) in [7, 11) is 0. The highest BCUT2D eigenvalue weighted by atomic mass is 16.8. The number of benzene rings is 1. The van der Waals surface area contributed by atoms with Crippen LogP contribution in [0.5, 0.6) is 0 Å². The topological polar surface area (TPSA) is 36.9 Å². The van der Waals surface area contributed by atoms with Crippen LogP contribution in [-0.2, 0) is 25.6 Å². The lowest BCUT2D eigenvalue weighted by Gasteiger charge is -2.26. The minimum absolute atomic E-state index is 0.0375. The number of ether oxygens (including phenoxy) is 4. The standard InChI is InChI=1S/C17H22O4/c1-17(2)20-15-14(18-10-11-6-4-3-5-7-11)13(12-8-9-12)19-16(15)21-17/h3-7,12-16H,8-10H2,1-2H3/t13-,14+,15-,16+/m0/s1. The van der Waals surface area contributed by atoms with E-state index in [2.05, 4.69) is 12.1 Å². The summed E-state index contributed by atoms with van der Waals surface area (Å²) >= 11 is 0. The van der Waals surface area contributed by atoms with Gasteiger partial charge in [0.25, 0.3) is 0 Å². The van der Waals surface area contributed by atoms with Crippen molar-refractivity contribution in [2.45, 2.75) is 63.7 Å². The summed E-state index contributed by atoms with van der Waals surface area (Å²) in [5.41, 5.74) is 1.17. The van der Waals surface area contributed by atoms with Crippen molar-refractivity contribution in [1.29, 1.82) is 0 Å². The molecule has 1 aromatic rings. The third kappa shape index (κ3) is 2.73. The van der Waals surface area contributed by atoms with E-state index >= 15 is 0 Å². The smallest absolute Gasteiger partial charge is 0.190 e. The summed E-state index contributed by atoms with van der Waals surface area (Å²) in [6, 6.07) is 10.2. The molecule has 4 rings (SSSR count). The first-order chi connectivity index (χ1) is 10.1. The second-order valence-corrected chi connectivity index (χ2v) is 6.67. The van der Waals surface area contributed by atoms with Crippen molar-refractivity contribution in [1.82, 2.24) is 0 Å². The predicted molar refractivity (Wildman–Crippen MR) is 76.4 cm³/mol. The molecule has 0 unspecified atom stereocenters. The second kappa shape index (κ2) is 5.06. The zero-order chi connectivity index (χ0) is 14.4. The summed E-state index contributed by atoms with van der Waals surface area (Å²) in [6.07, 6.45) is 2.11. The zero-order valence-corrected chi connectivity index (χ0v) is 12.5. The van der Waals surface area contributed by atoms with Crippen LogP contribution in [0.2, 0.25) is 0 Å². The number of rotatable bonds is 4. The van der Waals surface area contributed by atoms with Crippen molar-refractivity contribution in [2.24, 2.45) is 5.92 Å². The molecule has 1 saturated carbocycles. The fourth-order valence-corrected chi connectivity index (χ4v) is 3.26. The molecule has 1 aromatic carbocycles. The van der Waals surface area contributed by atoms with Crippen LogP contribution in [0.25, 0.3) is 0 Å². The highest BCUT2D eigenvalue weighted by Crippen LogP contribution is 2.46. The molecule has 4 heteroatoms. The first kappa shape index (κ1) is 13.7. The molecule has 3 fully saturated rings. The van der Waals surface area contributed by atoms with Crippen LogP contribution in [0.1, 0.15) is 32.3 Å². The monoisotopic (exact) mass is 290 g/mol. The van der Waals surface area contributed by atoms with Crippen molar-refractivity contribution < 1.29 is 18.9 Å². The van der Waals surface area contributed by atoms with Gasteiger partial charge in [-0.05, 0) is 38.2 Å². The molecule has 0 N–H and O–H groups in total. The number of fused-ring (bicyclic) bond motifs is 1. The summed E-state index contributed by atoms with van der Waals surface area (Å²) < 4.78 is 24.1. The Kier molecular flexibility index (Phi) is 3.30. The van der Waals surface area contributed by atoms with Crippen molar-refractivity contribution in [3.8, 4) is 0 Å². The van der Waals surface area contributed by atoms with E-state index in [1.165, 1.54) is 18.4 Å². The van der Waals surface area contributed by atoms with Gasteiger partial charge in [0.15, 0.2) is 12.1 Å². The van der Waals surface area contributed by atoms with E-state index in [9.17, 15) is 0 Å². The highest BCUT2D eigenvalue weighted by molar-refractivity contribution is 5.13. The Bertz CT molecular complexity index is 497. The first-order valence-corrected chi connectivity index (χ1v) is 7.79. The molecule has 0 radical (unpaired) electrons. The van der Waals surface area contributed by atoms with Gasteiger partial charge < -0.3 is 18.9 Å². The third-order valence-electron chi connectivity index (χ3n) is 4.40. The average molecular weight is 290 g/mol. The maximum atomic E-state index is 6.18. The molecule has 0 aromatic heterocycles. The maximum absolute atomic E-state index is 6.18. The lowest BCUT2D eigenvalue weighted by Crippen LogP contribution is -2.37. The van der Waals surface area contributed by atoms with Crippen LogP contribution >= 0.6 is 0 Å². The van der Waals surface area contributed by atoms with Gasteiger partial charge in [-0.3, -0.25) is 0 Å². The Morgan fingerprint density at radius 2 is 1.86 bits per heavy atom. The molecule has 21 heavy (non-hydrogen) atoms. The molecule has 2 saturated heterocycles. The predicted octanol–water partition coefficient (Wildman–Crippen LogP) is 2.86. The summed E-state index contributed by atoms with van der Waals surface area (Å²) in [5, 5.41) is 0. The molecule has 114 valence electrons. The fourth-order valence-electron chi connectivity index (χ4n) is 3.26. The van der Waals surface area contributed by atoms with Gasteiger partial charge in [-0.25, -0.2) is 0 Å². The van der Waals surface area contributed by atoms with Crippen LogP contribution in [0.3, 0.4) is 0 Å². The number of hydrogen-bond donors (Lipinski definition) is 0. The van der Waals surface area contributed by atoms with Crippen molar-refractivity contribution in [3.63, 3.8) is 0 Å². The fraction of sp³-hybridized carbons (Fsp3) is 0.647. The van der Waals surface area contributed by atoms with E-state index in [4.69, 9.17) is 18.9 Å². The van der Waals surface area contributed by atoms with Crippen molar-refractivity contribution >= 4 is 0 Å². The average Bonchev–Trinajstić information content (AvgIpc) is 3.18. The van der Waals surface area contributed by atoms with Crippen molar-refractivity contribution in [3.05, 3.63) is 35.9 Å². The van der Waals surface area contributed by atoms with Gasteiger partial charge in [-0.1, -0.05) is 30.3 Å². The van der Waals surface area contributed by atoms with Gasteiger partial charge in [0.1, 0.15) is 12.2 Å². The molecule has 3 aliphatic rings. The Labute approximate surface area is 125 Å². The van der Waals surface area contributed by atoms with E-state index in [1.807, 2.05) is 32.0 Å². The number of hydrogen-bond acceptors (Lipinski definition) is 4. The maximum Gasteiger partial charge on any atom is 0.190 e. The Balaban J connectivity index is 1.47. The molecule has 0 amide bonds. The van der Waals surface area contributed by atoms with Crippen molar-refractivity contribution in [2.75, 3.05) is 0 Å². The minimum Gasteiger partial charge on any atom is -0.368 e. The highest BCUT2D eigenvalue weighted by Gasteiger charge is 2.58. The molecule has 4 atom stereocenters. The molecule has 0 bridgehead atoms. The van der Waals surface area contributed by atoms with Gasteiger partial charge >= 0.3 is 0 Å². The van der Waals surface area contributed by atoms with E-state index in [0.717, 1.165) is 0 Å². The Hall–Kier alpha value is -0.940. The van der Waals surface area contributed by atoms with Gasteiger partial charge in [0, 0.05) is 0 Å². The van der Waals surface area contributed by atoms with Crippen LogP contribution in [0.4, 0.5) is 0 Å². The van der Waals surface area contributed by atoms with E-state index < -0.39 is 5.79 Å². The van der Waals surface area contributed by atoms with Gasteiger partial charge in [-0.2, -0.15) is 0 Å². The molecule has 0 spiro atoms. The van der Waals surface area contributed by atoms with Gasteiger partial charge in [-0.15, -0.1) is 0 Å². The van der Waals surface area contributed by atoms with Gasteiger partial charge in [0.2, 0.25) is 0 Å². The lowest BCUT2D eigenvalue weighted by atomic mass is 10.1. The van der Waals surface area contributed by atoms with Gasteiger partial charge in [0.05, 0.1) is 12.7 Å². The Morgan fingerprint density at radius 1 is 1.10 bits per heavy atom. The van der Waals surface area contributed by atoms with Crippen LogP contribution < -0.4 is 0 Å². The minimum atomic E-state index is -0.585.